The summed E-state index contributed by atoms with van der Waals surface area (Å²) in [6.45, 7) is 2.08. The van der Waals surface area contributed by atoms with Gasteiger partial charge in [-0.1, -0.05) is 0 Å². The van der Waals surface area contributed by atoms with Crippen molar-refractivity contribution in [1.82, 2.24) is 14.5 Å². The van der Waals surface area contributed by atoms with Gasteiger partial charge in [-0.05, 0) is 0 Å². The number of nitrogens with zero attached hydrogens (tertiary/aromatic N) is 2. The van der Waals surface area contributed by atoms with Gasteiger partial charge >= 0.3 is 5.69 Å². The molecule has 0 aromatic carbocycles. The van der Waals surface area contributed by atoms with Gasteiger partial charge in [-0.15, -0.1) is 0 Å². The van der Waals surface area contributed by atoms with Crippen molar-refractivity contribution in [3.63, 3.8) is 0 Å². The minimum absolute atomic E-state index is 0.209. The van der Waals surface area contributed by atoms with Crippen LogP contribution in [0.2, 0.25) is 0 Å². The van der Waals surface area contributed by atoms with Crippen LogP contribution >= 0.6 is 0 Å². The van der Waals surface area contributed by atoms with E-state index in [0.717, 1.165) is 13.1 Å². The second kappa shape index (κ2) is 5.13. The number of aliphatic hydroxyl groups is 2. The number of rotatable bonds is 4. The van der Waals surface area contributed by atoms with E-state index in [4.69, 9.17) is 9.84 Å². The summed E-state index contributed by atoms with van der Waals surface area (Å²) in [7, 11) is 0. The van der Waals surface area contributed by atoms with E-state index in [2.05, 4.69) is 9.88 Å². The molecule has 2 fully saturated rings. The molecule has 2 aliphatic rings. The molecule has 2 saturated heterocycles. The number of nitrogens with one attached hydrogen (secondary N) is 1. The Morgan fingerprint density at radius 1 is 1.40 bits per heavy atom. The van der Waals surface area contributed by atoms with Gasteiger partial charge in [0.1, 0.15) is 12.3 Å². The van der Waals surface area contributed by atoms with Gasteiger partial charge in [0.05, 0.1) is 12.7 Å². The van der Waals surface area contributed by atoms with Crippen LogP contribution in [0.25, 0.3) is 0 Å². The predicted molar refractivity (Wildman–Crippen MR) is 68.2 cm³/mol. The SMILES string of the molecule is O=c1[nH]c(=O)n([C@H]2C[C@H](O)[C@@H](CO)O2)cc1CN1CC1. The molecule has 1 aromatic heterocycles. The molecule has 0 unspecified atom stereocenters. The second-order valence-corrected chi connectivity index (χ2v) is 5.21. The molecule has 1 aromatic rings. The van der Waals surface area contributed by atoms with Crippen molar-refractivity contribution in [3.05, 3.63) is 32.6 Å². The van der Waals surface area contributed by atoms with E-state index in [1.807, 2.05) is 0 Å². The van der Waals surface area contributed by atoms with Crippen LogP contribution in [0.3, 0.4) is 0 Å². The molecule has 0 saturated carbocycles. The van der Waals surface area contributed by atoms with Crippen LogP contribution < -0.4 is 11.2 Å². The number of hydrogen-bond acceptors (Lipinski definition) is 6. The molecule has 0 aliphatic carbocycles. The summed E-state index contributed by atoms with van der Waals surface area (Å²) >= 11 is 0. The van der Waals surface area contributed by atoms with Crippen LogP contribution in [-0.4, -0.2) is 56.6 Å². The molecule has 3 atom stereocenters. The van der Waals surface area contributed by atoms with Crippen molar-refractivity contribution in [3.8, 4) is 0 Å². The first-order valence-corrected chi connectivity index (χ1v) is 6.59. The van der Waals surface area contributed by atoms with Gasteiger partial charge in [-0.2, -0.15) is 0 Å². The smallest absolute Gasteiger partial charge is 0.330 e. The highest BCUT2D eigenvalue weighted by Gasteiger charge is 2.35. The Labute approximate surface area is 114 Å². The fourth-order valence-electron chi connectivity index (χ4n) is 2.37. The molecule has 0 amide bonds. The lowest BCUT2D eigenvalue weighted by Crippen LogP contribution is -2.34. The normalized spacial score (nSPS) is 29.8. The Bertz CT molecular complexity index is 606. The first kappa shape index (κ1) is 13.5. The van der Waals surface area contributed by atoms with Crippen LogP contribution in [0.1, 0.15) is 18.2 Å². The summed E-state index contributed by atoms with van der Waals surface area (Å²) in [4.78, 5) is 27.9. The molecule has 110 valence electrons. The Hall–Kier alpha value is -1.48. The summed E-state index contributed by atoms with van der Waals surface area (Å²) in [6.07, 6.45) is -0.495. The van der Waals surface area contributed by atoms with Crippen molar-refractivity contribution in [2.75, 3.05) is 19.7 Å². The first-order valence-electron chi connectivity index (χ1n) is 6.59. The third-order valence-electron chi connectivity index (χ3n) is 3.67. The Morgan fingerprint density at radius 3 is 2.75 bits per heavy atom. The lowest BCUT2D eigenvalue weighted by Gasteiger charge is -2.15. The molecule has 3 heterocycles. The highest BCUT2D eigenvalue weighted by Crippen LogP contribution is 2.27. The molecule has 8 nitrogen and oxygen atoms in total. The highest BCUT2D eigenvalue weighted by molar-refractivity contribution is 5.06. The summed E-state index contributed by atoms with van der Waals surface area (Å²) in [6, 6.07) is 0. The molecular weight excluding hydrogens is 266 g/mol. The number of aromatic nitrogens is 2. The Morgan fingerprint density at radius 2 is 2.15 bits per heavy atom. The van der Waals surface area contributed by atoms with Crippen LogP contribution in [0, 0.1) is 0 Å². The maximum Gasteiger partial charge on any atom is 0.330 e. The summed E-state index contributed by atoms with van der Waals surface area (Å²) < 4.78 is 6.71. The number of ether oxygens (including phenoxy) is 1. The zero-order chi connectivity index (χ0) is 14.3. The molecule has 0 bridgehead atoms. The predicted octanol–water partition coefficient (Wildman–Crippen LogP) is -2.01. The van der Waals surface area contributed by atoms with Crippen molar-refractivity contribution < 1.29 is 14.9 Å². The van der Waals surface area contributed by atoms with Crippen LogP contribution in [0.4, 0.5) is 0 Å². The van der Waals surface area contributed by atoms with Gasteiger partial charge in [0, 0.05) is 37.8 Å². The number of H-pyrrole nitrogens is 1. The largest absolute Gasteiger partial charge is 0.394 e. The van der Waals surface area contributed by atoms with Crippen molar-refractivity contribution in [1.29, 1.82) is 0 Å². The molecule has 3 rings (SSSR count). The van der Waals surface area contributed by atoms with E-state index < -0.39 is 29.7 Å². The summed E-state index contributed by atoms with van der Waals surface area (Å²) in [5.41, 5.74) is -0.469. The number of aromatic amines is 1. The first-order chi connectivity index (χ1) is 9.58. The maximum absolute atomic E-state index is 11.9. The molecular formula is C12H17N3O5. The van der Waals surface area contributed by atoms with Crippen LogP contribution in [-0.2, 0) is 11.3 Å². The van der Waals surface area contributed by atoms with E-state index in [-0.39, 0.29) is 13.0 Å². The van der Waals surface area contributed by atoms with Gasteiger partial charge in [-0.25, -0.2) is 4.79 Å². The van der Waals surface area contributed by atoms with E-state index in [0.29, 0.717) is 12.1 Å². The van der Waals surface area contributed by atoms with Gasteiger partial charge in [0.15, 0.2) is 0 Å². The average molecular weight is 283 g/mol. The minimum Gasteiger partial charge on any atom is -0.394 e. The third-order valence-corrected chi connectivity index (χ3v) is 3.67. The standard InChI is InChI=1S/C12H17N3O5/c16-6-9-8(17)3-10(20-9)15-5-7(4-14-1-2-14)11(18)13-12(15)19/h5,8-10,16-17H,1-4,6H2,(H,13,18,19)/t8-,9+,10+/m0/s1. The Balaban J connectivity index is 1.89. The van der Waals surface area contributed by atoms with Crippen molar-refractivity contribution in [2.45, 2.75) is 31.4 Å². The van der Waals surface area contributed by atoms with E-state index in [1.165, 1.54) is 10.8 Å². The minimum atomic E-state index is -0.820. The average Bonchev–Trinajstić information content (AvgIpc) is 3.14. The molecule has 0 spiro atoms. The molecule has 20 heavy (non-hydrogen) atoms. The summed E-state index contributed by atoms with van der Waals surface area (Å²) in [5, 5.41) is 18.8. The van der Waals surface area contributed by atoms with Crippen LogP contribution in [0.5, 0.6) is 0 Å². The van der Waals surface area contributed by atoms with E-state index in [1.54, 1.807) is 0 Å². The van der Waals surface area contributed by atoms with Gasteiger partial charge < -0.3 is 14.9 Å². The van der Waals surface area contributed by atoms with Crippen LogP contribution in [0.15, 0.2) is 15.8 Å². The van der Waals surface area contributed by atoms with Crippen molar-refractivity contribution >= 4 is 0 Å². The molecule has 2 aliphatic heterocycles. The zero-order valence-corrected chi connectivity index (χ0v) is 10.9. The number of hydrogen-bond donors (Lipinski definition) is 3. The highest BCUT2D eigenvalue weighted by atomic mass is 16.5. The monoisotopic (exact) mass is 283 g/mol. The molecule has 0 radical (unpaired) electrons. The Kier molecular flexibility index (Phi) is 3.47. The molecule has 8 heteroatoms. The quantitative estimate of drug-likeness (QED) is 0.551. The fraction of sp³-hybridized carbons (Fsp3) is 0.667. The zero-order valence-electron chi connectivity index (χ0n) is 10.9. The topological polar surface area (TPSA) is 108 Å². The fourth-order valence-corrected chi connectivity index (χ4v) is 2.37. The van der Waals surface area contributed by atoms with Gasteiger partial charge in [0.25, 0.3) is 5.56 Å². The lowest BCUT2D eigenvalue weighted by atomic mass is 10.2. The van der Waals surface area contributed by atoms with E-state index >= 15 is 0 Å². The summed E-state index contributed by atoms with van der Waals surface area (Å²) in [5.74, 6) is 0. The third kappa shape index (κ3) is 2.55. The number of aliphatic hydroxyl groups excluding tert-OH is 2. The van der Waals surface area contributed by atoms with Gasteiger partial charge in [-0.3, -0.25) is 19.2 Å². The lowest BCUT2D eigenvalue weighted by molar-refractivity contribution is -0.0460. The molecule has 3 N–H and O–H groups in total. The van der Waals surface area contributed by atoms with E-state index in [9.17, 15) is 14.7 Å². The van der Waals surface area contributed by atoms with Gasteiger partial charge in [0.2, 0.25) is 0 Å². The maximum atomic E-state index is 11.9. The van der Waals surface area contributed by atoms with Crippen molar-refractivity contribution in [2.24, 2.45) is 0 Å². The second-order valence-electron chi connectivity index (χ2n) is 5.21.